The zero-order valence-electron chi connectivity index (χ0n) is 15.4. The molecular formula is C17H21N7O2S. The summed E-state index contributed by atoms with van der Waals surface area (Å²) in [6.07, 6.45) is 0. The molecule has 3 rings (SSSR count). The molecule has 2 N–H and O–H groups in total. The van der Waals surface area contributed by atoms with Crippen molar-refractivity contribution in [3.63, 3.8) is 0 Å². The zero-order chi connectivity index (χ0) is 19.2. The summed E-state index contributed by atoms with van der Waals surface area (Å²) in [5, 5.41) is 22.5. The Bertz CT molecular complexity index is 904. The molecule has 0 aliphatic carbocycles. The summed E-state index contributed by atoms with van der Waals surface area (Å²) in [7, 11) is 0. The Morgan fingerprint density at radius 2 is 1.93 bits per heavy atom. The zero-order valence-corrected chi connectivity index (χ0v) is 16.2. The lowest BCUT2D eigenvalue weighted by molar-refractivity contribution is 0.252. The molecule has 2 aromatic heterocycles. The number of urea groups is 1. The third kappa shape index (κ3) is 4.85. The smallest absolute Gasteiger partial charge is 0.319 e. The normalized spacial score (nSPS) is 10.8. The molecule has 142 valence electrons. The number of nitrogens with one attached hydrogen (secondary N) is 2. The third-order valence-corrected chi connectivity index (χ3v) is 4.72. The van der Waals surface area contributed by atoms with Gasteiger partial charge in [0.25, 0.3) is 0 Å². The first-order valence-electron chi connectivity index (χ1n) is 8.55. The van der Waals surface area contributed by atoms with Crippen LogP contribution in [0.25, 0.3) is 11.5 Å². The van der Waals surface area contributed by atoms with Crippen molar-refractivity contribution >= 4 is 23.5 Å². The topological polar surface area (TPSA) is 111 Å². The van der Waals surface area contributed by atoms with Crippen molar-refractivity contribution in [3.05, 3.63) is 36.0 Å². The minimum Gasteiger partial charge on any atom is -0.421 e. The first-order valence-corrected chi connectivity index (χ1v) is 9.53. The van der Waals surface area contributed by atoms with E-state index in [1.165, 1.54) is 0 Å². The molecule has 0 fully saturated rings. The van der Waals surface area contributed by atoms with Gasteiger partial charge in [-0.3, -0.25) is 0 Å². The van der Waals surface area contributed by atoms with Crippen molar-refractivity contribution in [1.29, 1.82) is 0 Å². The number of aromatic nitrogens is 5. The van der Waals surface area contributed by atoms with Gasteiger partial charge < -0.3 is 19.6 Å². The molecule has 0 radical (unpaired) electrons. The van der Waals surface area contributed by atoms with Crippen LogP contribution in [0.15, 0.2) is 33.8 Å². The van der Waals surface area contributed by atoms with Gasteiger partial charge in [0.2, 0.25) is 11.8 Å². The predicted octanol–water partition coefficient (Wildman–Crippen LogP) is 2.88. The summed E-state index contributed by atoms with van der Waals surface area (Å²) >= 11 is 1.57. The van der Waals surface area contributed by atoms with Gasteiger partial charge in [-0.25, -0.2) is 4.79 Å². The standard InChI is InChI=1S/C17H21N7O2S/c1-4-24-11(2)20-23-17(24)27-10-9-18-16(25)19-14-7-5-13(6-8-14)15-22-21-12(3)26-15/h5-8H,4,9-10H2,1-3H3,(H2,18,19,25). The van der Waals surface area contributed by atoms with Crippen LogP contribution in [0.5, 0.6) is 0 Å². The highest BCUT2D eigenvalue weighted by Gasteiger charge is 2.09. The van der Waals surface area contributed by atoms with Gasteiger partial charge in [-0.05, 0) is 38.1 Å². The number of thioether (sulfide) groups is 1. The van der Waals surface area contributed by atoms with Gasteiger partial charge >= 0.3 is 6.03 Å². The van der Waals surface area contributed by atoms with E-state index in [1.54, 1.807) is 30.8 Å². The Hall–Kier alpha value is -2.88. The number of amides is 2. The van der Waals surface area contributed by atoms with Gasteiger partial charge in [-0.2, -0.15) is 0 Å². The fraction of sp³-hybridized carbons (Fsp3) is 0.353. The van der Waals surface area contributed by atoms with Crippen LogP contribution in [-0.2, 0) is 6.54 Å². The summed E-state index contributed by atoms with van der Waals surface area (Å²) in [6.45, 7) is 7.07. The maximum atomic E-state index is 12.0. The summed E-state index contributed by atoms with van der Waals surface area (Å²) in [4.78, 5) is 12.0. The second-order valence-corrected chi connectivity index (χ2v) is 6.77. The van der Waals surface area contributed by atoms with Gasteiger partial charge in [0.05, 0.1) is 0 Å². The summed E-state index contributed by atoms with van der Waals surface area (Å²) < 4.78 is 7.41. The van der Waals surface area contributed by atoms with E-state index in [2.05, 4.69) is 38.0 Å². The quantitative estimate of drug-likeness (QED) is 0.474. The number of benzene rings is 1. The molecule has 10 heteroatoms. The number of hydrogen-bond donors (Lipinski definition) is 2. The number of nitrogens with zero attached hydrogens (tertiary/aromatic N) is 5. The van der Waals surface area contributed by atoms with Crippen molar-refractivity contribution in [2.45, 2.75) is 32.5 Å². The monoisotopic (exact) mass is 387 g/mol. The number of aryl methyl sites for hydroxylation is 2. The van der Waals surface area contributed by atoms with Crippen LogP contribution in [0.1, 0.15) is 18.6 Å². The van der Waals surface area contributed by atoms with Crippen molar-refractivity contribution in [1.82, 2.24) is 30.3 Å². The van der Waals surface area contributed by atoms with E-state index < -0.39 is 0 Å². The Balaban J connectivity index is 1.44. The van der Waals surface area contributed by atoms with Gasteiger partial charge in [-0.15, -0.1) is 20.4 Å². The molecule has 1 aromatic carbocycles. The van der Waals surface area contributed by atoms with Crippen LogP contribution < -0.4 is 10.6 Å². The van der Waals surface area contributed by atoms with Crippen LogP contribution in [0, 0.1) is 13.8 Å². The second kappa shape index (κ2) is 8.67. The molecule has 0 aliphatic heterocycles. The van der Waals surface area contributed by atoms with Crippen molar-refractivity contribution in [3.8, 4) is 11.5 Å². The van der Waals surface area contributed by atoms with E-state index in [0.717, 1.165) is 23.1 Å². The fourth-order valence-electron chi connectivity index (χ4n) is 2.42. The average Bonchev–Trinajstić information content (AvgIpc) is 3.25. The largest absolute Gasteiger partial charge is 0.421 e. The molecule has 2 heterocycles. The lowest BCUT2D eigenvalue weighted by atomic mass is 10.2. The molecule has 0 unspecified atom stereocenters. The molecule has 0 saturated heterocycles. The highest BCUT2D eigenvalue weighted by atomic mass is 32.2. The Kier molecular flexibility index (Phi) is 6.07. The number of anilines is 1. The molecule has 0 spiro atoms. The van der Waals surface area contributed by atoms with E-state index in [9.17, 15) is 4.79 Å². The maximum Gasteiger partial charge on any atom is 0.319 e. The van der Waals surface area contributed by atoms with E-state index in [0.29, 0.717) is 29.8 Å². The number of hydrogen-bond acceptors (Lipinski definition) is 7. The average molecular weight is 387 g/mol. The van der Waals surface area contributed by atoms with Crippen LogP contribution in [0.2, 0.25) is 0 Å². The maximum absolute atomic E-state index is 12.0. The van der Waals surface area contributed by atoms with Crippen molar-refractivity contribution in [2.24, 2.45) is 0 Å². The molecule has 0 aliphatic rings. The second-order valence-electron chi connectivity index (χ2n) is 5.71. The van der Waals surface area contributed by atoms with Crippen molar-refractivity contribution < 1.29 is 9.21 Å². The van der Waals surface area contributed by atoms with Crippen LogP contribution in [0.3, 0.4) is 0 Å². The van der Waals surface area contributed by atoms with Gasteiger partial charge in [0.1, 0.15) is 5.82 Å². The van der Waals surface area contributed by atoms with E-state index in [1.807, 2.05) is 23.6 Å². The fourth-order valence-corrected chi connectivity index (χ4v) is 3.33. The predicted molar refractivity (Wildman–Crippen MR) is 103 cm³/mol. The molecule has 9 nitrogen and oxygen atoms in total. The van der Waals surface area contributed by atoms with E-state index in [4.69, 9.17) is 4.42 Å². The van der Waals surface area contributed by atoms with E-state index >= 15 is 0 Å². The Labute approximate surface area is 161 Å². The summed E-state index contributed by atoms with van der Waals surface area (Å²) in [6, 6.07) is 6.95. The highest BCUT2D eigenvalue weighted by molar-refractivity contribution is 7.99. The van der Waals surface area contributed by atoms with Gasteiger partial charge in [-0.1, -0.05) is 11.8 Å². The first-order chi connectivity index (χ1) is 13.1. The number of rotatable bonds is 7. The van der Waals surface area contributed by atoms with Gasteiger partial charge in [0.15, 0.2) is 5.16 Å². The Morgan fingerprint density at radius 3 is 2.59 bits per heavy atom. The number of carbonyl (C=O) groups excluding carboxylic acids is 1. The first kappa shape index (κ1) is 18.9. The van der Waals surface area contributed by atoms with Crippen LogP contribution in [-0.4, -0.2) is 43.3 Å². The molecule has 3 aromatic rings. The molecule has 2 amide bonds. The highest BCUT2D eigenvalue weighted by Crippen LogP contribution is 2.20. The molecule has 0 atom stereocenters. The third-order valence-electron chi connectivity index (χ3n) is 3.75. The van der Waals surface area contributed by atoms with Crippen LogP contribution in [0.4, 0.5) is 10.5 Å². The molecule has 27 heavy (non-hydrogen) atoms. The minimum atomic E-state index is -0.259. The molecule has 0 bridgehead atoms. The summed E-state index contributed by atoms with van der Waals surface area (Å²) in [5.41, 5.74) is 1.48. The van der Waals surface area contributed by atoms with Crippen LogP contribution >= 0.6 is 11.8 Å². The molecule has 0 saturated carbocycles. The van der Waals surface area contributed by atoms with Crippen molar-refractivity contribution in [2.75, 3.05) is 17.6 Å². The SMILES string of the molecule is CCn1c(C)nnc1SCCNC(=O)Nc1ccc(-c2nnc(C)o2)cc1. The molecular weight excluding hydrogens is 366 g/mol. The lowest BCUT2D eigenvalue weighted by Gasteiger charge is -2.08. The van der Waals surface area contributed by atoms with Gasteiger partial charge in [0, 0.05) is 37.0 Å². The summed E-state index contributed by atoms with van der Waals surface area (Å²) in [5.74, 6) is 2.57. The number of carbonyl (C=O) groups is 1. The Morgan fingerprint density at radius 1 is 1.15 bits per heavy atom. The van der Waals surface area contributed by atoms with E-state index in [-0.39, 0.29) is 6.03 Å². The minimum absolute atomic E-state index is 0.259. The lowest BCUT2D eigenvalue weighted by Crippen LogP contribution is -2.30.